The summed E-state index contributed by atoms with van der Waals surface area (Å²) in [6.45, 7) is 1.29. The number of hydrogen-bond donors (Lipinski definition) is 2. The number of ether oxygens (including phenoxy) is 1. The van der Waals surface area contributed by atoms with E-state index >= 15 is 0 Å². The molecule has 1 atom stereocenters. The summed E-state index contributed by atoms with van der Waals surface area (Å²) in [7, 11) is 0. The maximum Gasteiger partial charge on any atom is 0.267 e. The summed E-state index contributed by atoms with van der Waals surface area (Å²) in [6.07, 6.45) is 4.09. The van der Waals surface area contributed by atoms with Gasteiger partial charge < -0.3 is 10.1 Å². The second-order valence-electron chi connectivity index (χ2n) is 4.29. The molecule has 17 heavy (non-hydrogen) atoms. The average Bonchev–Trinajstić information content (AvgIpc) is 2.38. The number of nitrogens with one attached hydrogen (secondary N) is 2. The lowest BCUT2D eigenvalue weighted by Gasteiger charge is -2.23. The van der Waals surface area contributed by atoms with Crippen molar-refractivity contribution in [2.75, 3.05) is 13.2 Å². The van der Waals surface area contributed by atoms with Crippen molar-refractivity contribution < 1.29 is 14.3 Å². The van der Waals surface area contributed by atoms with Crippen LogP contribution in [0.2, 0.25) is 0 Å². The molecule has 2 N–H and O–H groups in total. The molecule has 0 saturated carbocycles. The Morgan fingerprint density at radius 2 is 2.35 bits per heavy atom. The van der Waals surface area contributed by atoms with Gasteiger partial charge in [0.2, 0.25) is 5.91 Å². The monoisotopic (exact) mass is 239 g/mol. The van der Waals surface area contributed by atoms with Gasteiger partial charge in [-0.1, -0.05) is 0 Å². The molecule has 0 aliphatic carbocycles. The fourth-order valence-corrected chi connectivity index (χ4v) is 1.91. The minimum absolute atomic E-state index is 0.117. The Bertz CT molecular complexity index is 335. The van der Waals surface area contributed by atoms with E-state index in [2.05, 4.69) is 15.8 Å². The fourth-order valence-electron chi connectivity index (χ4n) is 1.91. The maximum absolute atomic E-state index is 11.7. The van der Waals surface area contributed by atoms with Crippen LogP contribution in [0, 0.1) is 0 Å². The van der Waals surface area contributed by atoms with Gasteiger partial charge in [-0.05, 0) is 19.3 Å². The zero-order chi connectivity index (χ0) is 12.1. The number of amides is 2. The first-order chi connectivity index (χ1) is 8.25. The number of nitrogens with zero attached hydrogens (tertiary/aromatic N) is 1. The van der Waals surface area contributed by atoms with Crippen LogP contribution in [0.1, 0.15) is 32.1 Å². The number of carbonyl (C=O) groups is 2. The van der Waals surface area contributed by atoms with Gasteiger partial charge in [0.25, 0.3) is 5.91 Å². The van der Waals surface area contributed by atoms with E-state index in [1.807, 2.05) is 0 Å². The highest BCUT2D eigenvalue weighted by molar-refractivity contribution is 6.39. The second kappa shape index (κ2) is 5.77. The lowest BCUT2D eigenvalue weighted by molar-refractivity contribution is -0.121. The van der Waals surface area contributed by atoms with E-state index in [1.54, 1.807) is 0 Å². The smallest absolute Gasteiger partial charge is 0.267 e. The van der Waals surface area contributed by atoms with E-state index in [9.17, 15) is 9.59 Å². The number of rotatable bonds is 3. The molecule has 2 aliphatic rings. The SMILES string of the molecule is O=C1CCC(C(=O)NCC2CCCCO2)=NN1. The van der Waals surface area contributed by atoms with Crippen LogP contribution in [0.3, 0.4) is 0 Å². The van der Waals surface area contributed by atoms with Crippen molar-refractivity contribution in [1.29, 1.82) is 0 Å². The van der Waals surface area contributed by atoms with Gasteiger partial charge in [-0.2, -0.15) is 5.10 Å². The van der Waals surface area contributed by atoms with E-state index < -0.39 is 0 Å². The molecule has 6 nitrogen and oxygen atoms in total. The summed E-state index contributed by atoms with van der Waals surface area (Å²) in [6, 6.07) is 0. The van der Waals surface area contributed by atoms with Crippen LogP contribution in [0.15, 0.2) is 5.10 Å². The molecular weight excluding hydrogens is 222 g/mol. The molecule has 2 aliphatic heterocycles. The van der Waals surface area contributed by atoms with Gasteiger partial charge in [-0.25, -0.2) is 5.43 Å². The Kier molecular flexibility index (Phi) is 4.08. The lowest BCUT2D eigenvalue weighted by Crippen LogP contribution is -2.41. The standard InChI is InChI=1S/C11H17N3O3/c15-10-5-4-9(13-14-10)11(16)12-7-8-3-1-2-6-17-8/h8H,1-7H2,(H,12,16)(H,14,15). The van der Waals surface area contributed by atoms with Gasteiger partial charge in [0, 0.05) is 26.0 Å². The van der Waals surface area contributed by atoms with Crippen LogP contribution in [-0.4, -0.2) is 36.8 Å². The Labute approximate surface area is 99.8 Å². The summed E-state index contributed by atoms with van der Waals surface area (Å²) in [5.41, 5.74) is 2.70. The highest BCUT2D eigenvalue weighted by Gasteiger charge is 2.20. The van der Waals surface area contributed by atoms with Crippen molar-refractivity contribution in [3.63, 3.8) is 0 Å². The molecule has 2 rings (SSSR count). The first-order valence-electron chi connectivity index (χ1n) is 6.01. The maximum atomic E-state index is 11.7. The molecule has 0 spiro atoms. The highest BCUT2D eigenvalue weighted by atomic mass is 16.5. The van der Waals surface area contributed by atoms with E-state index in [1.165, 1.54) is 0 Å². The molecular formula is C11H17N3O3. The summed E-state index contributed by atoms with van der Waals surface area (Å²) >= 11 is 0. The van der Waals surface area contributed by atoms with Crippen molar-refractivity contribution in [1.82, 2.24) is 10.7 Å². The third-order valence-corrected chi connectivity index (χ3v) is 2.93. The molecule has 2 amide bonds. The van der Waals surface area contributed by atoms with Gasteiger partial charge in [-0.3, -0.25) is 9.59 Å². The van der Waals surface area contributed by atoms with E-state index in [4.69, 9.17) is 4.74 Å². The lowest BCUT2D eigenvalue weighted by atomic mass is 10.1. The van der Waals surface area contributed by atoms with Crippen LogP contribution in [-0.2, 0) is 14.3 Å². The highest BCUT2D eigenvalue weighted by Crippen LogP contribution is 2.11. The molecule has 0 aromatic rings. The van der Waals surface area contributed by atoms with Crippen molar-refractivity contribution in [3.05, 3.63) is 0 Å². The molecule has 2 heterocycles. The fraction of sp³-hybridized carbons (Fsp3) is 0.727. The molecule has 0 aromatic heterocycles. The minimum atomic E-state index is -0.209. The first-order valence-corrected chi connectivity index (χ1v) is 6.01. The molecule has 0 aromatic carbocycles. The van der Waals surface area contributed by atoms with Gasteiger partial charge >= 0.3 is 0 Å². The van der Waals surface area contributed by atoms with Crippen molar-refractivity contribution in [2.45, 2.75) is 38.2 Å². The average molecular weight is 239 g/mol. The van der Waals surface area contributed by atoms with Crippen LogP contribution in [0.4, 0.5) is 0 Å². The van der Waals surface area contributed by atoms with Crippen LogP contribution in [0.5, 0.6) is 0 Å². The van der Waals surface area contributed by atoms with E-state index in [0.717, 1.165) is 25.9 Å². The quantitative estimate of drug-likeness (QED) is 0.724. The van der Waals surface area contributed by atoms with E-state index in [0.29, 0.717) is 25.1 Å². The van der Waals surface area contributed by atoms with Gasteiger partial charge in [0.15, 0.2) is 0 Å². The minimum Gasteiger partial charge on any atom is -0.376 e. The molecule has 0 radical (unpaired) electrons. The molecule has 1 saturated heterocycles. The predicted molar refractivity (Wildman–Crippen MR) is 61.4 cm³/mol. The zero-order valence-corrected chi connectivity index (χ0v) is 9.70. The summed E-state index contributed by atoms with van der Waals surface area (Å²) in [4.78, 5) is 22.6. The van der Waals surface area contributed by atoms with Crippen molar-refractivity contribution >= 4 is 17.5 Å². The largest absolute Gasteiger partial charge is 0.376 e. The Balaban J connectivity index is 1.75. The summed E-state index contributed by atoms with van der Waals surface area (Å²) < 4.78 is 5.51. The third kappa shape index (κ3) is 3.52. The van der Waals surface area contributed by atoms with Crippen molar-refractivity contribution in [3.8, 4) is 0 Å². The van der Waals surface area contributed by atoms with Crippen LogP contribution in [0.25, 0.3) is 0 Å². The Morgan fingerprint density at radius 1 is 1.47 bits per heavy atom. The summed E-state index contributed by atoms with van der Waals surface area (Å²) in [5, 5.41) is 6.53. The van der Waals surface area contributed by atoms with Crippen LogP contribution < -0.4 is 10.7 Å². The molecule has 6 heteroatoms. The molecule has 1 unspecified atom stereocenters. The molecule has 94 valence electrons. The van der Waals surface area contributed by atoms with Gasteiger partial charge in [0.1, 0.15) is 5.71 Å². The van der Waals surface area contributed by atoms with Gasteiger partial charge in [-0.15, -0.1) is 0 Å². The van der Waals surface area contributed by atoms with Gasteiger partial charge in [0.05, 0.1) is 6.10 Å². The Hall–Kier alpha value is -1.43. The number of hydrogen-bond acceptors (Lipinski definition) is 4. The topological polar surface area (TPSA) is 79.8 Å². The molecule has 1 fully saturated rings. The van der Waals surface area contributed by atoms with E-state index in [-0.39, 0.29) is 17.9 Å². The summed E-state index contributed by atoms with van der Waals surface area (Å²) in [5.74, 6) is -0.351. The predicted octanol–water partition coefficient (Wildman–Crippen LogP) is -0.0623. The molecule has 0 bridgehead atoms. The normalized spacial score (nSPS) is 24.8. The number of carbonyl (C=O) groups excluding carboxylic acids is 2. The van der Waals surface area contributed by atoms with Crippen LogP contribution >= 0.6 is 0 Å². The number of hydrazone groups is 1. The Morgan fingerprint density at radius 3 is 3.00 bits per heavy atom. The zero-order valence-electron chi connectivity index (χ0n) is 9.70. The van der Waals surface area contributed by atoms with Crippen molar-refractivity contribution in [2.24, 2.45) is 5.10 Å². The first kappa shape index (κ1) is 12.0. The third-order valence-electron chi connectivity index (χ3n) is 2.93. The second-order valence-corrected chi connectivity index (χ2v) is 4.29.